The summed E-state index contributed by atoms with van der Waals surface area (Å²) in [5, 5.41) is 22.2. The van der Waals surface area contributed by atoms with E-state index in [1.165, 1.54) is 0 Å². The number of piperazine rings is 1. The number of benzene rings is 1. The monoisotopic (exact) mass is 314 g/mol. The molecule has 1 aromatic heterocycles. The van der Waals surface area contributed by atoms with Crippen molar-refractivity contribution in [2.24, 2.45) is 0 Å². The topological polar surface area (TPSA) is 63.4 Å². The second-order valence-corrected chi connectivity index (χ2v) is 6.22. The first-order chi connectivity index (χ1) is 10.8. The third-order valence-corrected chi connectivity index (χ3v) is 4.75. The first-order valence-corrected chi connectivity index (χ1v) is 8.19. The Balaban J connectivity index is 1.52. The van der Waals surface area contributed by atoms with Crippen molar-refractivity contribution in [3.05, 3.63) is 47.0 Å². The van der Waals surface area contributed by atoms with E-state index in [9.17, 15) is 5.11 Å². The van der Waals surface area contributed by atoms with Crippen molar-refractivity contribution in [2.75, 3.05) is 37.6 Å². The molecule has 1 aliphatic rings. The Morgan fingerprint density at radius 1 is 1.23 bits per heavy atom. The van der Waals surface area contributed by atoms with E-state index in [0.29, 0.717) is 12.1 Å². The summed E-state index contributed by atoms with van der Waals surface area (Å²) in [6, 6.07) is 9.24. The third kappa shape index (κ3) is 3.45. The van der Waals surface area contributed by atoms with Crippen molar-refractivity contribution >= 4 is 16.5 Å². The summed E-state index contributed by atoms with van der Waals surface area (Å²) in [5.41, 5.74) is 1.48. The highest BCUT2D eigenvalue weighted by molar-refractivity contribution is 7.13. The number of aliphatic hydroxyl groups excluding tert-OH is 1. The Morgan fingerprint density at radius 3 is 2.55 bits per heavy atom. The van der Waals surface area contributed by atoms with E-state index >= 15 is 0 Å². The largest absolute Gasteiger partial charge is 0.387 e. The highest BCUT2D eigenvalue weighted by Gasteiger charge is 2.21. The lowest BCUT2D eigenvalue weighted by Gasteiger charge is -2.35. The molecule has 0 amide bonds. The first kappa shape index (κ1) is 15.0. The standard InChI is InChI=1S/C16H18N4OS/c17-11-13-1-3-14(4-2-13)15(21)12-19-6-8-20(9-7-19)16-18-5-10-22-16/h1-5,10,15,21H,6-9,12H2. The van der Waals surface area contributed by atoms with Gasteiger partial charge in [0.2, 0.25) is 0 Å². The van der Waals surface area contributed by atoms with Crippen molar-refractivity contribution < 1.29 is 5.11 Å². The van der Waals surface area contributed by atoms with Gasteiger partial charge in [0.1, 0.15) is 0 Å². The Labute approximate surface area is 134 Å². The van der Waals surface area contributed by atoms with Gasteiger partial charge in [-0.25, -0.2) is 4.98 Å². The molecule has 0 aliphatic carbocycles. The number of thiazole rings is 1. The molecule has 2 aromatic rings. The average Bonchev–Trinajstić information content (AvgIpc) is 3.10. The summed E-state index contributed by atoms with van der Waals surface area (Å²) in [4.78, 5) is 8.90. The van der Waals surface area contributed by atoms with E-state index in [4.69, 9.17) is 5.26 Å². The maximum absolute atomic E-state index is 10.3. The summed E-state index contributed by atoms with van der Waals surface area (Å²) >= 11 is 1.67. The molecule has 114 valence electrons. The minimum absolute atomic E-state index is 0.515. The van der Waals surface area contributed by atoms with Crippen LogP contribution in [-0.4, -0.2) is 47.7 Å². The molecule has 1 N–H and O–H groups in total. The predicted octanol–water partition coefficient (Wildman–Crippen LogP) is 1.87. The first-order valence-electron chi connectivity index (χ1n) is 7.31. The summed E-state index contributed by atoms with van der Waals surface area (Å²) in [6.07, 6.45) is 1.32. The Bertz CT molecular complexity index is 627. The van der Waals surface area contributed by atoms with Crippen LogP contribution in [0.15, 0.2) is 35.8 Å². The van der Waals surface area contributed by atoms with Gasteiger partial charge in [0.25, 0.3) is 0 Å². The quantitative estimate of drug-likeness (QED) is 0.933. The molecule has 0 radical (unpaired) electrons. The summed E-state index contributed by atoms with van der Waals surface area (Å²) in [5.74, 6) is 0. The van der Waals surface area contributed by atoms with E-state index in [2.05, 4.69) is 20.9 Å². The number of aliphatic hydroxyl groups is 1. The van der Waals surface area contributed by atoms with Gasteiger partial charge in [-0.05, 0) is 17.7 Å². The van der Waals surface area contributed by atoms with E-state index in [0.717, 1.165) is 36.9 Å². The molecular formula is C16H18N4OS. The molecule has 1 unspecified atom stereocenters. The minimum Gasteiger partial charge on any atom is -0.387 e. The number of aromatic nitrogens is 1. The molecule has 1 aliphatic heterocycles. The second kappa shape index (κ2) is 6.88. The van der Waals surface area contributed by atoms with Gasteiger partial charge in [-0.15, -0.1) is 11.3 Å². The molecule has 0 bridgehead atoms. The molecule has 0 saturated carbocycles. The van der Waals surface area contributed by atoms with Crippen LogP contribution < -0.4 is 4.90 Å². The molecule has 22 heavy (non-hydrogen) atoms. The van der Waals surface area contributed by atoms with Crippen LogP contribution in [0.3, 0.4) is 0 Å². The average molecular weight is 314 g/mol. The summed E-state index contributed by atoms with van der Waals surface area (Å²) < 4.78 is 0. The number of rotatable bonds is 4. The van der Waals surface area contributed by atoms with Gasteiger partial charge in [-0.1, -0.05) is 12.1 Å². The molecule has 6 heteroatoms. The van der Waals surface area contributed by atoms with Gasteiger partial charge in [-0.2, -0.15) is 5.26 Å². The van der Waals surface area contributed by atoms with Crippen LogP contribution in [0.2, 0.25) is 0 Å². The van der Waals surface area contributed by atoms with Crippen molar-refractivity contribution in [1.82, 2.24) is 9.88 Å². The van der Waals surface area contributed by atoms with Gasteiger partial charge in [-0.3, -0.25) is 4.90 Å². The minimum atomic E-state index is -0.515. The van der Waals surface area contributed by atoms with Crippen LogP contribution in [0.4, 0.5) is 5.13 Å². The van der Waals surface area contributed by atoms with Gasteiger partial charge in [0.15, 0.2) is 5.13 Å². The van der Waals surface area contributed by atoms with Crippen LogP contribution >= 0.6 is 11.3 Å². The zero-order valence-corrected chi connectivity index (χ0v) is 13.0. The zero-order chi connectivity index (χ0) is 15.4. The van der Waals surface area contributed by atoms with E-state index in [1.807, 2.05) is 23.7 Å². The van der Waals surface area contributed by atoms with Gasteiger partial charge in [0.05, 0.1) is 17.7 Å². The Kier molecular flexibility index (Phi) is 4.68. The lowest BCUT2D eigenvalue weighted by Crippen LogP contribution is -2.47. The smallest absolute Gasteiger partial charge is 0.185 e. The number of nitriles is 1. The third-order valence-electron chi connectivity index (χ3n) is 3.92. The highest BCUT2D eigenvalue weighted by Crippen LogP contribution is 2.20. The lowest BCUT2D eigenvalue weighted by molar-refractivity contribution is 0.109. The molecule has 2 heterocycles. The van der Waals surface area contributed by atoms with Gasteiger partial charge < -0.3 is 10.0 Å². The molecule has 1 saturated heterocycles. The van der Waals surface area contributed by atoms with E-state index in [1.54, 1.807) is 23.5 Å². The molecule has 1 fully saturated rings. The Hall–Kier alpha value is -1.94. The summed E-state index contributed by atoms with van der Waals surface area (Å²) in [7, 11) is 0. The number of hydrogen-bond donors (Lipinski definition) is 1. The Morgan fingerprint density at radius 2 is 1.95 bits per heavy atom. The molecule has 1 atom stereocenters. The lowest BCUT2D eigenvalue weighted by atomic mass is 10.1. The predicted molar refractivity (Wildman–Crippen MR) is 86.9 cm³/mol. The fraction of sp³-hybridized carbons (Fsp3) is 0.375. The number of hydrogen-bond acceptors (Lipinski definition) is 6. The normalized spacial score (nSPS) is 17.2. The van der Waals surface area contributed by atoms with E-state index in [-0.39, 0.29) is 0 Å². The second-order valence-electron chi connectivity index (χ2n) is 5.35. The maximum atomic E-state index is 10.3. The van der Waals surface area contributed by atoms with Crippen LogP contribution in [-0.2, 0) is 0 Å². The number of β-amino-alcohol motifs (C(OH)–C–C–N with tert-alkyl or cyclic N) is 1. The molecule has 3 rings (SSSR count). The van der Waals surface area contributed by atoms with Crippen molar-refractivity contribution in [3.8, 4) is 6.07 Å². The highest BCUT2D eigenvalue weighted by atomic mass is 32.1. The fourth-order valence-electron chi connectivity index (χ4n) is 2.62. The van der Waals surface area contributed by atoms with Crippen molar-refractivity contribution in [3.63, 3.8) is 0 Å². The van der Waals surface area contributed by atoms with Gasteiger partial charge in [0, 0.05) is 44.3 Å². The van der Waals surface area contributed by atoms with Crippen LogP contribution in [0.25, 0.3) is 0 Å². The SMILES string of the molecule is N#Cc1ccc(C(O)CN2CCN(c3nccs3)CC2)cc1. The summed E-state index contributed by atoms with van der Waals surface area (Å²) in [6.45, 7) is 4.35. The van der Waals surface area contributed by atoms with Crippen LogP contribution in [0.5, 0.6) is 0 Å². The molecule has 1 aromatic carbocycles. The fourth-order valence-corrected chi connectivity index (χ4v) is 3.32. The molecular weight excluding hydrogens is 296 g/mol. The number of nitrogens with zero attached hydrogens (tertiary/aromatic N) is 4. The molecule has 0 spiro atoms. The van der Waals surface area contributed by atoms with E-state index < -0.39 is 6.10 Å². The van der Waals surface area contributed by atoms with Gasteiger partial charge >= 0.3 is 0 Å². The van der Waals surface area contributed by atoms with Crippen molar-refractivity contribution in [1.29, 1.82) is 5.26 Å². The van der Waals surface area contributed by atoms with Crippen molar-refractivity contribution in [2.45, 2.75) is 6.10 Å². The maximum Gasteiger partial charge on any atom is 0.185 e. The van der Waals surface area contributed by atoms with Crippen LogP contribution in [0, 0.1) is 11.3 Å². The van der Waals surface area contributed by atoms with Crippen LogP contribution in [0.1, 0.15) is 17.2 Å². The zero-order valence-electron chi connectivity index (χ0n) is 12.2. The number of anilines is 1. The molecule has 5 nitrogen and oxygen atoms in total.